The van der Waals surface area contributed by atoms with E-state index in [4.69, 9.17) is 4.52 Å². The van der Waals surface area contributed by atoms with Crippen molar-refractivity contribution in [2.24, 2.45) is 10.8 Å². The number of hydrogen-bond donors (Lipinski definition) is 0. The minimum absolute atomic E-state index is 0.00790. The molecule has 1 amide bonds. The van der Waals surface area contributed by atoms with Gasteiger partial charge in [-0.2, -0.15) is 0 Å². The van der Waals surface area contributed by atoms with E-state index < -0.39 is 0 Å². The monoisotopic (exact) mass is 338 g/mol. The molecule has 0 N–H and O–H groups in total. The zero-order valence-corrected chi connectivity index (χ0v) is 15.5. The van der Waals surface area contributed by atoms with Gasteiger partial charge >= 0.3 is 0 Å². The van der Waals surface area contributed by atoms with Crippen molar-refractivity contribution >= 4 is 5.91 Å². The van der Waals surface area contributed by atoms with Gasteiger partial charge in [-0.15, -0.1) is 0 Å². The van der Waals surface area contributed by atoms with Crippen LogP contribution in [-0.2, 0) is 0 Å². The summed E-state index contributed by atoms with van der Waals surface area (Å²) in [6.45, 7) is 9.82. The van der Waals surface area contributed by atoms with Crippen molar-refractivity contribution in [3.05, 3.63) is 41.6 Å². The molecule has 2 bridgehead atoms. The lowest BCUT2D eigenvalue weighted by atomic mass is 9.65. The van der Waals surface area contributed by atoms with E-state index in [-0.39, 0.29) is 11.3 Å². The van der Waals surface area contributed by atoms with Gasteiger partial charge in [0.25, 0.3) is 5.91 Å². The Hall–Kier alpha value is -2.10. The first-order valence-electron chi connectivity index (χ1n) is 9.10. The van der Waals surface area contributed by atoms with Crippen molar-refractivity contribution in [3.63, 3.8) is 0 Å². The van der Waals surface area contributed by atoms with Crippen molar-refractivity contribution in [2.75, 3.05) is 6.54 Å². The smallest absolute Gasteiger partial charge is 0.276 e. The molecule has 1 saturated heterocycles. The van der Waals surface area contributed by atoms with E-state index >= 15 is 0 Å². The average molecular weight is 338 g/mol. The second kappa shape index (κ2) is 5.45. The number of rotatable bonds is 2. The second-order valence-electron chi connectivity index (χ2n) is 9.09. The summed E-state index contributed by atoms with van der Waals surface area (Å²) in [5.74, 6) is 0.658. The third kappa shape index (κ3) is 2.99. The van der Waals surface area contributed by atoms with E-state index in [1.165, 1.54) is 12.0 Å². The highest BCUT2D eigenvalue weighted by Gasteiger charge is 2.51. The standard InChI is InChI=1S/C21H26N2O2/c1-14-5-7-15(8-6-14)18-9-17(22-25-18)19(24)23-13-21(4)11-16(23)10-20(2,3)12-21/h5-9,16H,10-13H2,1-4H3/t16-,21+/m0/s1. The molecule has 25 heavy (non-hydrogen) atoms. The van der Waals surface area contributed by atoms with Gasteiger partial charge < -0.3 is 9.42 Å². The van der Waals surface area contributed by atoms with Gasteiger partial charge in [0.15, 0.2) is 11.5 Å². The second-order valence-corrected chi connectivity index (χ2v) is 9.09. The van der Waals surface area contributed by atoms with Crippen molar-refractivity contribution in [1.29, 1.82) is 0 Å². The van der Waals surface area contributed by atoms with Gasteiger partial charge in [-0.05, 0) is 37.0 Å². The van der Waals surface area contributed by atoms with Crippen LogP contribution < -0.4 is 0 Å². The molecule has 1 aromatic carbocycles. The SMILES string of the molecule is Cc1ccc(-c2cc(C(=O)N3C[C@]4(C)C[C@@H]3CC(C)(C)C4)no2)cc1. The Bertz CT molecular complexity index is 806. The summed E-state index contributed by atoms with van der Waals surface area (Å²) in [4.78, 5) is 15.1. The molecule has 4 nitrogen and oxygen atoms in total. The first kappa shape index (κ1) is 16.4. The van der Waals surface area contributed by atoms with Crippen LogP contribution in [0.2, 0.25) is 0 Å². The molecule has 2 atom stereocenters. The molecule has 2 heterocycles. The Balaban J connectivity index is 1.57. The predicted octanol–water partition coefficient (Wildman–Crippen LogP) is 4.69. The van der Waals surface area contributed by atoms with Crippen LogP contribution in [0.1, 0.15) is 56.1 Å². The number of amides is 1. The molecule has 4 heteroatoms. The topological polar surface area (TPSA) is 46.3 Å². The lowest BCUT2D eigenvalue weighted by Crippen LogP contribution is -2.37. The number of fused-ring (bicyclic) bond motifs is 2. The molecular weight excluding hydrogens is 312 g/mol. The van der Waals surface area contributed by atoms with Crippen molar-refractivity contribution in [1.82, 2.24) is 10.1 Å². The fourth-order valence-electron chi connectivity index (χ4n) is 5.07. The summed E-state index contributed by atoms with van der Waals surface area (Å²) in [6, 6.07) is 10.2. The van der Waals surface area contributed by atoms with E-state index in [0.29, 0.717) is 22.9 Å². The van der Waals surface area contributed by atoms with Gasteiger partial charge in [0.05, 0.1) is 0 Å². The molecule has 1 aromatic heterocycles. The maximum Gasteiger partial charge on any atom is 0.276 e. The first-order valence-corrected chi connectivity index (χ1v) is 9.10. The van der Waals surface area contributed by atoms with Crippen molar-refractivity contribution in [3.8, 4) is 11.3 Å². The third-order valence-electron chi connectivity index (χ3n) is 5.74. The highest BCUT2D eigenvalue weighted by molar-refractivity contribution is 5.93. The highest BCUT2D eigenvalue weighted by atomic mass is 16.5. The molecule has 0 spiro atoms. The van der Waals surface area contributed by atoms with Crippen LogP contribution in [0, 0.1) is 17.8 Å². The van der Waals surface area contributed by atoms with E-state index in [1.807, 2.05) is 36.1 Å². The maximum atomic E-state index is 13.0. The summed E-state index contributed by atoms with van der Waals surface area (Å²) in [5, 5.41) is 4.07. The maximum absolute atomic E-state index is 13.0. The number of aryl methyl sites for hydroxylation is 1. The molecule has 0 radical (unpaired) electrons. The van der Waals surface area contributed by atoms with Crippen LogP contribution in [-0.4, -0.2) is 28.6 Å². The van der Waals surface area contributed by atoms with E-state index in [0.717, 1.165) is 24.9 Å². The van der Waals surface area contributed by atoms with E-state index in [1.54, 1.807) is 6.07 Å². The summed E-state index contributed by atoms with van der Waals surface area (Å²) < 4.78 is 5.45. The number of carbonyl (C=O) groups excluding carboxylic acids is 1. The highest BCUT2D eigenvalue weighted by Crippen LogP contribution is 2.52. The summed E-state index contributed by atoms with van der Waals surface area (Å²) in [6.07, 6.45) is 3.34. The lowest BCUT2D eigenvalue weighted by Gasteiger charge is -2.39. The number of aromatic nitrogens is 1. The molecule has 1 aliphatic heterocycles. The van der Waals surface area contributed by atoms with Gasteiger partial charge in [0.1, 0.15) is 0 Å². The average Bonchev–Trinajstić information content (AvgIpc) is 3.09. The molecule has 0 unspecified atom stereocenters. The Morgan fingerprint density at radius 1 is 1.20 bits per heavy atom. The number of hydrogen-bond acceptors (Lipinski definition) is 3. The van der Waals surface area contributed by atoms with E-state index in [2.05, 4.69) is 25.9 Å². The quantitative estimate of drug-likeness (QED) is 0.798. The van der Waals surface area contributed by atoms with Gasteiger partial charge in [-0.1, -0.05) is 55.8 Å². The molecule has 2 aliphatic rings. The van der Waals surface area contributed by atoms with Crippen LogP contribution >= 0.6 is 0 Å². The van der Waals surface area contributed by atoms with Crippen molar-refractivity contribution in [2.45, 2.75) is 53.0 Å². The van der Waals surface area contributed by atoms with Crippen LogP contribution in [0.5, 0.6) is 0 Å². The molecule has 1 aliphatic carbocycles. The Morgan fingerprint density at radius 3 is 2.64 bits per heavy atom. The summed E-state index contributed by atoms with van der Waals surface area (Å²) in [7, 11) is 0. The molecular formula is C21H26N2O2. The molecule has 4 rings (SSSR count). The zero-order chi connectivity index (χ0) is 17.8. The fraction of sp³-hybridized carbons (Fsp3) is 0.524. The molecule has 132 valence electrons. The van der Waals surface area contributed by atoms with Gasteiger partial charge in [-0.3, -0.25) is 4.79 Å². The predicted molar refractivity (Wildman–Crippen MR) is 97.2 cm³/mol. The van der Waals surface area contributed by atoms with Gasteiger partial charge in [-0.25, -0.2) is 0 Å². The molecule has 1 saturated carbocycles. The minimum Gasteiger partial charge on any atom is -0.355 e. The summed E-state index contributed by atoms with van der Waals surface area (Å²) >= 11 is 0. The number of likely N-dealkylation sites (tertiary alicyclic amines) is 1. The minimum atomic E-state index is 0.00790. The largest absolute Gasteiger partial charge is 0.355 e. The zero-order valence-electron chi connectivity index (χ0n) is 15.5. The van der Waals surface area contributed by atoms with Crippen molar-refractivity contribution < 1.29 is 9.32 Å². The lowest BCUT2D eigenvalue weighted by molar-refractivity contribution is 0.0698. The molecule has 2 fully saturated rings. The Kier molecular flexibility index (Phi) is 3.57. The van der Waals surface area contributed by atoms with Gasteiger partial charge in [0.2, 0.25) is 0 Å². The summed E-state index contributed by atoms with van der Waals surface area (Å²) in [5.41, 5.74) is 3.09. The number of benzene rings is 1. The van der Waals surface area contributed by atoms with Crippen LogP contribution in [0.3, 0.4) is 0 Å². The number of carbonyl (C=O) groups is 1. The normalized spacial score (nSPS) is 27.5. The van der Waals surface area contributed by atoms with E-state index in [9.17, 15) is 4.79 Å². The Morgan fingerprint density at radius 2 is 1.92 bits per heavy atom. The van der Waals surface area contributed by atoms with Crippen LogP contribution in [0.25, 0.3) is 11.3 Å². The third-order valence-corrected chi connectivity index (χ3v) is 5.74. The first-order chi connectivity index (χ1) is 11.7. The van der Waals surface area contributed by atoms with Gasteiger partial charge in [0, 0.05) is 24.2 Å². The van der Waals surface area contributed by atoms with Crippen LogP contribution in [0.15, 0.2) is 34.9 Å². The molecule has 2 aromatic rings. The number of nitrogens with zero attached hydrogens (tertiary/aromatic N) is 2. The van der Waals surface area contributed by atoms with Crippen LogP contribution in [0.4, 0.5) is 0 Å². The Labute approximate surface area is 149 Å². The fourth-order valence-corrected chi connectivity index (χ4v) is 5.07.